The van der Waals surface area contributed by atoms with Gasteiger partial charge in [-0.25, -0.2) is 4.98 Å². The average Bonchev–Trinajstić information content (AvgIpc) is 2.33. The maximum absolute atomic E-state index is 11.7. The Hall–Kier alpha value is -2.43. The van der Waals surface area contributed by atoms with E-state index in [0.29, 0.717) is 5.56 Å². The lowest BCUT2D eigenvalue weighted by Crippen LogP contribution is -2.13. The van der Waals surface area contributed by atoms with E-state index in [1.54, 1.807) is 24.4 Å². The fraction of sp³-hybridized carbons (Fsp3) is 0. The predicted octanol–water partition coefficient (Wildman–Crippen LogP) is 1.43. The molecule has 0 aliphatic rings. The van der Waals surface area contributed by atoms with Crippen LogP contribution in [0.15, 0.2) is 42.9 Å². The van der Waals surface area contributed by atoms with E-state index in [2.05, 4.69) is 15.3 Å². The molecule has 5 heteroatoms. The number of amides is 1. The molecule has 5 nitrogen and oxygen atoms in total. The Kier molecular flexibility index (Phi) is 2.77. The number of anilines is 1. The number of aromatic hydroxyl groups is 1. The molecule has 16 heavy (non-hydrogen) atoms. The van der Waals surface area contributed by atoms with Crippen molar-refractivity contribution in [3.05, 3.63) is 48.4 Å². The van der Waals surface area contributed by atoms with Gasteiger partial charge in [0.05, 0.1) is 5.56 Å². The van der Waals surface area contributed by atoms with E-state index in [9.17, 15) is 9.90 Å². The summed E-state index contributed by atoms with van der Waals surface area (Å²) in [6, 6.07) is 6.32. The van der Waals surface area contributed by atoms with E-state index in [4.69, 9.17) is 0 Å². The van der Waals surface area contributed by atoms with Crippen LogP contribution in [0, 0.1) is 0 Å². The van der Waals surface area contributed by atoms with Crippen molar-refractivity contribution in [3.63, 3.8) is 0 Å². The molecule has 2 N–H and O–H groups in total. The average molecular weight is 215 g/mol. The smallest absolute Gasteiger partial charge is 0.258 e. The van der Waals surface area contributed by atoms with E-state index in [1.165, 1.54) is 18.5 Å². The highest BCUT2D eigenvalue weighted by molar-refractivity contribution is 6.04. The molecule has 2 aromatic heterocycles. The number of carbonyl (C=O) groups excluding carboxylic acids is 1. The number of rotatable bonds is 2. The van der Waals surface area contributed by atoms with Gasteiger partial charge in [-0.05, 0) is 24.3 Å². The Labute approximate surface area is 91.8 Å². The lowest BCUT2D eigenvalue weighted by atomic mass is 10.2. The number of nitrogens with zero attached hydrogens (tertiary/aromatic N) is 2. The third kappa shape index (κ3) is 2.14. The van der Waals surface area contributed by atoms with Crippen LogP contribution in [-0.4, -0.2) is 21.0 Å². The number of hydrogen-bond donors (Lipinski definition) is 2. The summed E-state index contributed by atoms with van der Waals surface area (Å²) in [5.74, 6) is -0.293. The molecule has 0 aromatic carbocycles. The Morgan fingerprint density at radius 3 is 2.75 bits per heavy atom. The van der Waals surface area contributed by atoms with E-state index >= 15 is 0 Å². The molecule has 1 amide bonds. The second kappa shape index (κ2) is 4.39. The van der Waals surface area contributed by atoms with Gasteiger partial charge in [-0.15, -0.1) is 0 Å². The summed E-state index contributed by atoms with van der Waals surface area (Å²) in [5.41, 5.74) is 0.410. The first-order valence-electron chi connectivity index (χ1n) is 4.63. The van der Waals surface area contributed by atoms with Gasteiger partial charge in [0.25, 0.3) is 5.91 Å². The van der Waals surface area contributed by atoms with Crippen molar-refractivity contribution in [3.8, 4) is 5.75 Å². The largest absolute Gasteiger partial charge is 0.504 e. The van der Waals surface area contributed by atoms with Crippen LogP contribution in [0.1, 0.15) is 10.4 Å². The highest BCUT2D eigenvalue weighted by Crippen LogP contribution is 2.18. The molecule has 0 unspecified atom stereocenters. The molecule has 2 rings (SSSR count). The van der Waals surface area contributed by atoms with E-state index in [0.717, 1.165) is 0 Å². The summed E-state index contributed by atoms with van der Waals surface area (Å²) in [5, 5.41) is 11.9. The second-order valence-corrected chi connectivity index (χ2v) is 3.07. The van der Waals surface area contributed by atoms with Crippen molar-refractivity contribution < 1.29 is 9.90 Å². The zero-order chi connectivity index (χ0) is 11.4. The summed E-state index contributed by atoms with van der Waals surface area (Å²) >= 11 is 0. The van der Waals surface area contributed by atoms with Crippen LogP contribution in [0.5, 0.6) is 5.75 Å². The van der Waals surface area contributed by atoms with Crippen LogP contribution in [-0.2, 0) is 0 Å². The summed E-state index contributed by atoms with van der Waals surface area (Å²) in [4.78, 5) is 19.3. The van der Waals surface area contributed by atoms with Gasteiger partial charge in [0.15, 0.2) is 11.6 Å². The lowest BCUT2D eigenvalue weighted by Gasteiger charge is -2.04. The first kappa shape index (κ1) is 10.1. The van der Waals surface area contributed by atoms with Crippen molar-refractivity contribution >= 4 is 11.7 Å². The van der Waals surface area contributed by atoms with Gasteiger partial charge in [-0.3, -0.25) is 9.78 Å². The Balaban J connectivity index is 2.18. The number of nitrogens with one attached hydrogen (secondary N) is 1. The molecule has 2 aromatic rings. The maximum atomic E-state index is 11.7. The monoisotopic (exact) mass is 215 g/mol. The number of aromatic nitrogens is 2. The molecule has 0 bridgehead atoms. The molecule has 0 atom stereocenters. The van der Waals surface area contributed by atoms with E-state index < -0.39 is 0 Å². The van der Waals surface area contributed by atoms with Crippen LogP contribution in [0.2, 0.25) is 0 Å². The fourth-order valence-corrected chi connectivity index (χ4v) is 1.17. The Morgan fingerprint density at radius 1 is 1.25 bits per heavy atom. The molecule has 0 saturated carbocycles. The van der Waals surface area contributed by atoms with Crippen molar-refractivity contribution in [2.24, 2.45) is 0 Å². The normalized spacial score (nSPS) is 9.75. The molecule has 0 aliphatic carbocycles. The van der Waals surface area contributed by atoms with Crippen molar-refractivity contribution in [2.45, 2.75) is 0 Å². The standard InChI is InChI=1S/C11H9N3O2/c15-9-4-2-6-13-10(9)14-11(16)8-3-1-5-12-7-8/h1-7,15H,(H,13,14,16). The summed E-state index contributed by atoms with van der Waals surface area (Å²) in [6.45, 7) is 0. The number of carbonyl (C=O) groups is 1. The molecular weight excluding hydrogens is 206 g/mol. The lowest BCUT2D eigenvalue weighted by molar-refractivity contribution is 0.102. The van der Waals surface area contributed by atoms with Gasteiger partial charge in [0, 0.05) is 18.6 Å². The molecule has 0 spiro atoms. The van der Waals surface area contributed by atoms with Gasteiger partial charge in [0.2, 0.25) is 0 Å². The summed E-state index contributed by atoms with van der Waals surface area (Å²) in [7, 11) is 0. The molecule has 0 radical (unpaired) electrons. The third-order valence-electron chi connectivity index (χ3n) is 1.94. The van der Waals surface area contributed by atoms with Crippen molar-refractivity contribution in [2.75, 3.05) is 5.32 Å². The summed E-state index contributed by atoms with van der Waals surface area (Å²) < 4.78 is 0. The van der Waals surface area contributed by atoms with Crippen LogP contribution >= 0.6 is 0 Å². The van der Waals surface area contributed by atoms with Crippen LogP contribution in [0.25, 0.3) is 0 Å². The highest BCUT2D eigenvalue weighted by Gasteiger charge is 2.08. The fourth-order valence-electron chi connectivity index (χ4n) is 1.17. The van der Waals surface area contributed by atoms with Crippen molar-refractivity contribution in [1.29, 1.82) is 0 Å². The van der Waals surface area contributed by atoms with Crippen LogP contribution in [0.3, 0.4) is 0 Å². The first-order valence-corrected chi connectivity index (χ1v) is 4.63. The van der Waals surface area contributed by atoms with Crippen LogP contribution < -0.4 is 5.32 Å². The Bertz CT molecular complexity index is 500. The predicted molar refractivity (Wildman–Crippen MR) is 58.1 cm³/mol. The topological polar surface area (TPSA) is 75.1 Å². The molecule has 0 saturated heterocycles. The maximum Gasteiger partial charge on any atom is 0.258 e. The molecule has 0 fully saturated rings. The molecule has 80 valence electrons. The van der Waals surface area contributed by atoms with Gasteiger partial charge < -0.3 is 10.4 Å². The van der Waals surface area contributed by atoms with Crippen molar-refractivity contribution in [1.82, 2.24) is 9.97 Å². The van der Waals surface area contributed by atoms with E-state index in [-0.39, 0.29) is 17.5 Å². The van der Waals surface area contributed by atoms with Crippen LogP contribution in [0.4, 0.5) is 5.82 Å². The van der Waals surface area contributed by atoms with Gasteiger partial charge in [-0.1, -0.05) is 0 Å². The zero-order valence-electron chi connectivity index (χ0n) is 8.29. The molecule has 2 heterocycles. The quantitative estimate of drug-likeness (QED) is 0.794. The minimum absolute atomic E-state index is 0.0697. The minimum Gasteiger partial charge on any atom is -0.504 e. The third-order valence-corrected chi connectivity index (χ3v) is 1.94. The van der Waals surface area contributed by atoms with E-state index in [1.807, 2.05) is 0 Å². The van der Waals surface area contributed by atoms with Gasteiger partial charge >= 0.3 is 0 Å². The number of hydrogen-bond acceptors (Lipinski definition) is 4. The molecular formula is C11H9N3O2. The summed E-state index contributed by atoms with van der Waals surface area (Å²) in [6.07, 6.45) is 4.50. The Morgan fingerprint density at radius 2 is 2.06 bits per heavy atom. The first-order chi connectivity index (χ1) is 7.77. The molecule has 0 aliphatic heterocycles. The zero-order valence-corrected chi connectivity index (χ0v) is 8.29. The SMILES string of the molecule is O=C(Nc1ncccc1O)c1cccnc1. The minimum atomic E-state index is -0.359. The highest BCUT2D eigenvalue weighted by atomic mass is 16.3. The number of pyridine rings is 2. The second-order valence-electron chi connectivity index (χ2n) is 3.07. The van der Waals surface area contributed by atoms with Gasteiger partial charge in [0.1, 0.15) is 0 Å². The van der Waals surface area contributed by atoms with Gasteiger partial charge in [-0.2, -0.15) is 0 Å².